The maximum atomic E-state index is 5.20. The molecule has 0 aliphatic heterocycles. The van der Waals surface area contributed by atoms with Gasteiger partial charge >= 0.3 is 0 Å². The smallest absolute Gasteiger partial charge is 0.113 e. The number of ether oxygens (including phenoxy) is 1. The Kier molecular flexibility index (Phi) is 5.58. The first-order valence-corrected chi connectivity index (χ1v) is 8.65. The Hall–Kier alpha value is -0.450. The second-order valence-corrected chi connectivity index (χ2v) is 7.19. The predicted molar refractivity (Wildman–Crippen MR) is 85.4 cm³/mol. The van der Waals surface area contributed by atoms with E-state index in [0.29, 0.717) is 11.8 Å². The molecule has 114 valence electrons. The number of hydrogen-bond donors (Lipinski definition) is 1. The van der Waals surface area contributed by atoms with Crippen LogP contribution in [0.2, 0.25) is 0 Å². The molecule has 1 atom stereocenters. The van der Waals surface area contributed by atoms with Gasteiger partial charge in [0.05, 0.1) is 17.8 Å². The van der Waals surface area contributed by atoms with Crippen molar-refractivity contribution in [2.75, 3.05) is 20.3 Å². The van der Waals surface area contributed by atoms with Gasteiger partial charge in [-0.2, -0.15) is 0 Å². The number of nitrogens with zero attached hydrogens (tertiary/aromatic N) is 1. The van der Waals surface area contributed by atoms with Crippen LogP contribution < -0.4 is 5.32 Å². The van der Waals surface area contributed by atoms with Crippen LogP contribution in [0, 0.1) is 5.92 Å². The largest absolute Gasteiger partial charge is 0.383 e. The average Bonchev–Trinajstić information content (AvgIpc) is 3.10. The van der Waals surface area contributed by atoms with Crippen LogP contribution in [-0.2, 0) is 10.3 Å². The summed E-state index contributed by atoms with van der Waals surface area (Å²) in [7, 11) is 1.76. The van der Waals surface area contributed by atoms with Crippen molar-refractivity contribution in [1.29, 1.82) is 0 Å². The highest BCUT2D eigenvalue weighted by molar-refractivity contribution is 7.09. The molecule has 4 heteroatoms. The highest BCUT2D eigenvalue weighted by Crippen LogP contribution is 2.41. The molecule has 0 saturated heterocycles. The molecule has 0 spiro atoms. The fourth-order valence-electron chi connectivity index (χ4n) is 3.10. The topological polar surface area (TPSA) is 34.1 Å². The van der Waals surface area contributed by atoms with E-state index in [9.17, 15) is 0 Å². The summed E-state index contributed by atoms with van der Waals surface area (Å²) in [6.45, 7) is 8.40. The number of hydrogen-bond acceptors (Lipinski definition) is 4. The Balaban J connectivity index is 2.19. The van der Waals surface area contributed by atoms with E-state index in [1.54, 1.807) is 7.11 Å². The quantitative estimate of drug-likeness (QED) is 0.775. The molecule has 1 aromatic heterocycles. The van der Waals surface area contributed by atoms with Gasteiger partial charge in [-0.25, -0.2) is 4.98 Å². The van der Waals surface area contributed by atoms with Crippen molar-refractivity contribution in [2.45, 2.75) is 57.9 Å². The molecule has 3 nitrogen and oxygen atoms in total. The lowest BCUT2D eigenvalue weighted by Gasteiger charge is -2.35. The third kappa shape index (κ3) is 3.41. The van der Waals surface area contributed by atoms with Crippen molar-refractivity contribution >= 4 is 11.3 Å². The third-order valence-corrected chi connectivity index (χ3v) is 5.63. The Morgan fingerprint density at radius 1 is 1.45 bits per heavy atom. The number of aromatic nitrogens is 1. The van der Waals surface area contributed by atoms with Crippen LogP contribution in [0.4, 0.5) is 0 Å². The first-order chi connectivity index (χ1) is 9.58. The molecule has 0 bridgehead atoms. The summed E-state index contributed by atoms with van der Waals surface area (Å²) in [6.07, 6.45) is 5.34. The zero-order valence-electron chi connectivity index (χ0n) is 13.2. The van der Waals surface area contributed by atoms with Crippen LogP contribution in [0.1, 0.15) is 63.1 Å². The zero-order valence-corrected chi connectivity index (χ0v) is 14.1. The van der Waals surface area contributed by atoms with E-state index in [4.69, 9.17) is 9.72 Å². The summed E-state index contributed by atoms with van der Waals surface area (Å²) >= 11 is 1.82. The Bertz CT molecular complexity index is 412. The fraction of sp³-hybridized carbons (Fsp3) is 0.812. The molecule has 1 aliphatic carbocycles. The summed E-state index contributed by atoms with van der Waals surface area (Å²) in [4.78, 5) is 4.92. The first-order valence-electron chi connectivity index (χ1n) is 7.77. The molecule has 1 N–H and O–H groups in total. The normalized spacial score (nSPS) is 19.6. The summed E-state index contributed by atoms with van der Waals surface area (Å²) in [5.74, 6) is 1.21. The monoisotopic (exact) mass is 296 g/mol. The first kappa shape index (κ1) is 15.9. The zero-order chi connectivity index (χ0) is 14.6. The van der Waals surface area contributed by atoms with E-state index in [1.807, 2.05) is 11.3 Å². The standard InChI is InChI=1S/C16H28N2OS/c1-12(2)14-11-20-15(18-14)16(3,17-9-10-19-4)13-7-5-6-8-13/h11-13,17H,5-10H2,1-4H3. The van der Waals surface area contributed by atoms with Gasteiger partial charge in [-0.05, 0) is 31.6 Å². The summed E-state index contributed by atoms with van der Waals surface area (Å²) in [6, 6.07) is 0. The average molecular weight is 296 g/mol. The SMILES string of the molecule is COCCNC(C)(c1nc(C(C)C)cs1)C1CCCC1. The van der Waals surface area contributed by atoms with Gasteiger partial charge in [0, 0.05) is 19.0 Å². The minimum atomic E-state index is 0.00678. The van der Waals surface area contributed by atoms with Gasteiger partial charge in [0.15, 0.2) is 0 Å². The lowest BCUT2D eigenvalue weighted by molar-refractivity contribution is 0.166. The van der Waals surface area contributed by atoms with Gasteiger partial charge in [0.25, 0.3) is 0 Å². The summed E-state index contributed by atoms with van der Waals surface area (Å²) in [5.41, 5.74) is 1.23. The molecule has 20 heavy (non-hydrogen) atoms. The molecule has 2 rings (SSSR count). The van der Waals surface area contributed by atoms with Gasteiger partial charge < -0.3 is 10.1 Å². The highest BCUT2D eigenvalue weighted by atomic mass is 32.1. The summed E-state index contributed by atoms with van der Waals surface area (Å²) < 4.78 is 5.20. The molecule has 0 amide bonds. The molecule has 0 aromatic carbocycles. The maximum absolute atomic E-state index is 5.20. The molecule has 1 fully saturated rings. The lowest BCUT2D eigenvalue weighted by Crippen LogP contribution is -2.46. The molecular weight excluding hydrogens is 268 g/mol. The molecule has 1 aromatic rings. The Morgan fingerprint density at radius 2 is 2.15 bits per heavy atom. The van der Waals surface area contributed by atoms with Crippen LogP contribution in [0.15, 0.2) is 5.38 Å². The van der Waals surface area contributed by atoms with E-state index >= 15 is 0 Å². The molecular formula is C16H28N2OS. The predicted octanol–water partition coefficient (Wildman–Crippen LogP) is 3.91. The van der Waals surface area contributed by atoms with Crippen molar-refractivity contribution in [1.82, 2.24) is 10.3 Å². The maximum Gasteiger partial charge on any atom is 0.113 e. The highest BCUT2D eigenvalue weighted by Gasteiger charge is 2.39. The van der Waals surface area contributed by atoms with E-state index in [1.165, 1.54) is 36.4 Å². The van der Waals surface area contributed by atoms with Crippen LogP contribution in [0.3, 0.4) is 0 Å². The fourth-order valence-corrected chi connectivity index (χ4v) is 4.30. The minimum Gasteiger partial charge on any atom is -0.383 e. The third-order valence-electron chi connectivity index (χ3n) is 4.53. The van der Waals surface area contributed by atoms with Gasteiger partial charge in [-0.15, -0.1) is 11.3 Å². The van der Waals surface area contributed by atoms with Crippen molar-refractivity contribution in [3.63, 3.8) is 0 Å². The van der Waals surface area contributed by atoms with Crippen LogP contribution in [0.25, 0.3) is 0 Å². The van der Waals surface area contributed by atoms with Crippen molar-refractivity contribution < 1.29 is 4.74 Å². The van der Waals surface area contributed by atoms with Crippen LogP contribution in [-0.4, -0.2) is 25.2 Å². The van der Waals surface area contributed by atoms with E-state index < -0.39 is 0 Å². The minimum absolute atomic E-state index is 0.00678. The van der Waals surface area contributed by atoms with Gasteiger partial charge in [0.2, 0.25) is 0 Å². The van der Waals surface area contributed by atoms with Gasteiger partial charge in [-0.1, -0.05) is 26.7 Å². The van der Waals surface area contributed by atoms with Gasteiger partial charge in [-0.3, -0.25) is 0 Å². The number of nitrogens with one attached hydrogen (secondary N) is 1. The van der Waals surface area contributed by atoms with Crippen molar-refractivity contribution in [2.24, 2.45) is 5.92 Å². The number of methoxy groups -OCH3 is 1. The Labute approximate surface area is 127 Å². The van der Waals surface area contributed by atoms with Crippen molar-refractivity contribution in [3.05, 3.63) is 16.1 Å². The Morgan fingerprint density at radius 3 is 2.70 bits per heavy atom. The number of thiazole rings is 1. The van der Waals surface area contributed by atoms with E-state index in [0.717, 1.165) is 13.2 Å². The van der Waals surface area contributed by atoms with Crippen LogP contribution >= 0.6 is 11.3 Å². The molecule has 0 radical (unpaired) electrons. The second-order valence-electron chi connectivity index (χ2n) is 6.34. The second kappa shape index (κ2) is 7.01. The number of rotatable bonds is 7. The molecule has 1 heterocycles. The molecule has 1 unspecified atom stereocenters. The van der Waals surface area contributed by atoms with Crippen molar-refractivity contribution in [3.8, 4) is 0 Å². The van der Waals surface area contributed by atoms with E-state index in [2.05, 4.69) is 31.5 Å². The lowest BCUT2D eigenvalue weighted by atomic mass is 9.84. The van der Waals surface area contributed by atoms with E-state index in [-0.39, 0.29) is 5.54 Å². The van der Waals surface area contributed by atoms with Crippen LogP contribution in [0.5, 0.6) is 0 Å². The molecule has 1 aliphatic rings. The summed E-state index contributed by atoms with van der Waals surface area (Å²) in [5, 5.41) is 7.21. The van der Waals surface area contributed by atoms with Gasteiger partial charge in [0.1, 0.15) is 5.01 Å². The molecule has 1 saturated carbocycles.